The fraction of sp³-hybridized carbons (Fsp3) is 0.385. The molecule has 0 aliphatic rings. The van der Waals surface area contributed by atoms with Crippen LogP contribution in [0.1, 0.15) is 11.1 Å². The minimum atomic E-state index is -0.700. The van der Waals surface area contributed by atoms with Crippen molar-refractivity contribution in [2.45, 2.75) is 13.8 Å². The number of benzene rings is 1. The monoisotopic (exact) mass is 250 g/mol. The summed E-state index contributed by atoms with van der Waals surface area (Å²) in [5, 5.41) is 11.2. The largest absolute Gasteiger partial charge is 0.395 e. The minimum Gasteiger partial charge on any atom is -0.395 e. The standard InChI is InChI=1S/C13H18N2O3/c1-9-4-5-11(8-10(9)2)14-12(17)13(18)15(3)6-7-16/h4-5,8,16H,6-7H2,1-3H3,(H,14,17). The molecule has 5 nitrogen and oxygen atoms in total. The lowest BCUT2D eigenvalue weighted by Crippen LogP contribution is -2.38. The first-order chi connectivity index (χ1) is 8.45. The summed E-state index contributed by atoms with van der Waals surface area (Å²) in [6.45, 7) is 3.88. The minimum absolute atomic E-state index is 0.138. The maximum absolute atomic E-state index is 11.6. The molecule has 0 saturated carbocycles. The Balaban J connectivity index is 2.69. The Kier molecular flexibility index (Phi) is 4.85. The third kappa shape index (κ3) is 3.56. The molecule has 18 heavy (non-hydrogen) atoms. The highest BCUT2D eigenvalue weighted by Gasteiger charge is 2.18. The van der Waals surface area contributed by atoms with Crippen molar-refractivity contribution in [2.24, 2.45) is 0 Å². The summed E-state index contributed by atoms with van der Waals surface area (Å²) in [6.07, 6.45) is 0. The van der Waals surface area contributed by atoms with Crippen molar-refractivity contribution in [1.29, 1.82) is 0 Å². The maximum atomic E-state index is 11.6. The molecular weight excluding hydrogens is 232 g/mol. The zero-order valence-corrected chi connectivity index (χ0v) is 10.9. The van der Waals surface area contributed by atoms with E-state index in [2.05, 4.69) is 5.32 Å². The second-order valence-corrected chi connectivity index (χ2v) is 4.20. The Morgan fingerprint density at radius 1 is 1.28 bits per heavy atom. The van der Waals surface area contributed by atoms with Crippen molar-refractivity contribution >= 4 is 17.5 Å². The van der Waals surface area contributed by atoms with Crippen LogP contribution in [0.25, 0.3) is 0 Å². The predicted molar refractivity (Wildman–Crippen MR) is 69.3 cm³/mol. The average Bonchev–Trinajstić information content (AvgIpc) is 2.33. The number of likely N-dealkylation sites (N-methyl/N-ethyl adjacent to an activating group) is 1. The van der Waals surface area contributed by atoms with Crippen LogP contribution in [0.15, 0.2) is 18.2 Å². The number of hydrogen-bond acceptors (Lipinski definition) is 3. The lowest BCUT2D eigenvalue weighted by atomic mass is 10.1. The van der Waals surface area contributed by atoms with Gasteiger partial charge < -0.3 is 15.3 Å². The SMILES string of the molecule is Cc1ccc(NC(=O)C(=O)N(C)CCO)cc1C. The first kappa shape index (κ1) is 14.2. The van der Waals surface area contributed by atoms with Gasteiger partial charge in [-0.3, -0.25) is 9.59 Å². The summed E-state index contributed by atoms with van der Waals surface area (Å²) in [5.74, 6) is -1.36. The Morgan fingerprint density at radius 3 is 2.50 bits per heavy atom. The molecule has 0 atom stereocenters. The third-order valence-electron chi connectivity index (χ3n) is 2.74. The van der Waals surface area contributed by atoms with Gasteiger partial charge in [0, 0.05) is 19.3 Å². The quantitative estimate of drug-likeness (QED) is 0.776. The molecule has 5 heteroatoms. The molecule has 2 amide bonds. The number of carbonyl (C=O) groups excluding carboxylic acids is 2. The van der Waals surface area contributed by atoms with Crippen molar-refractivity contribution in [3.05, 3.63) is 29.3 Å². The highest BCUT2D eigenvalue weighted by Crippen LogP contribution is 2.14. The number of anilines is 1. The molecule has 0 aromatic heterocycles. The van der Waals surface area contributed by atoms with Gasteiger partial charge >= 0.3 is 11.8 Å². The van der Waals surface area contributed by atoms with E-state index < -0.39 is 11.8 Å². The van der Waals surface area contributed by atoms with E-state index in [1.807, 2.05) is 26.0 Å². The summed E-state index contributed by atoms with van der Waals surface area (Å²) in [4.78, 5) is 24.4. The summed E-state index contributed by atoms with van der Waals surface area (Å²) in [7, 11) is 1.47. The van der Waals surface area contributed by atoms with Crippen LogP contribution >= 0.6 is 0 Å². The number of hydrogen-bond donors (Lipinski definition) is 2. The lowest BCUT2D eigenvalue weighted by Gasteiger charge is -2.15. The van der Waals surface area contributed by atoms with Crippen LogP contribution in [-0.4, -0.2) is 42.0 Å². The fourth-order valence-electron chi connectivity index (χ4n) is 1.43. The van der Waals surface area contributed by atoms with E-state index in [1.165, 1.54) is 11.9 Å². The number of aliphatic hydroxyl groups excluding tert-OH is 1. The van der Waals surface area contributed by atoms with Crippen LogP contribution in [0.5, 0.6) is 0 Å². The zero-order chi connectivity index (χ0) is 13.7. The number of rotatable bonds is 3. The number of amides is 2. The maximum Gasteiger partial charge on any atom is 0.313 e. The molecule has 0 unspecified atom stereocenters. The van der Waals surface area contributed by atoms with Crippen molar-refractivity contribution in [3.8, 4) is 0 Å². The van der Waals surface area contributed by atoms with Crippen LogP contribution in [0.3, 0.4) is 0 Å². The van der Waals surface area contributed by atoms with E-state index in [0.717, 1.165) is 11.1 Å². The summed E-state index contributed by atoms with van der Waals surface area (Å²) in [6, 6.07) is 5.44. The molecule has 1 aromatic carbocycles. The third-order valence-corrected chi connectivity index (χ3v) is 2.74. The smallest absolute Gasteiger partial charge is 0.313 e. The number of aryl methyl sites for hydroxylation is 2. The van der Waals surface area contributed by atoms with Gasteiger partial charge in [0.25, 0.3) is 0 Å². The molecule has 0 fully saturated rings. The Hall–Kier alpha value is -1.88. The van der Waals surface area contributed by atoms with Gasteiger partial charge in [-0.25, -0.2) is 0 Å². The van der Waals surface area contributed by atoms with E-state index in [4.69, 9.17) is 5.11 Å². The highest BCUT2D eigenvalue weighted by molar-refractivity contribution is 6.39. The second kappa shape index (κ2) is 6.16. The topological polar surface area (TPSA) is 69.6 Å². The van der Waals surface area contributed by atoms with E-state index >= 15 is 0 Å². The zero-order valence-electron chi connectivity index (χ0n) is 10.9. The highest BCUT2D eigenvalue weighted by atomic mass is 16.3. The molecule has 0 spiro atoms. The number of carbonyl (C=O) groups is 2. The van der Waals surface area contributed by atoms with Crippen LogP contribution in [0.4, 0.5) is 5.69 Å². The van der Waals surface area contributed by atoms with Crippen molar-refractivity contribution in [2.75, 3.05) is 25.5 Å². The van der Waals surface area contributed by atoms with E-state index in [0.29, 0.717) is 5.69 Å². The molecule has 0 aliphatic carbocycles. The van der Waals surface area contributed by atoms with Crippen molar-refractivity contribution in [3.63, 3.8) is 0 Å². The van der Waals surface area contributed by atoms with E-state index in [1.54, 1.807) is 6.07 Å². The molecule has 0 aliphatic heterocycles. The molecule has 0 radical (unpaired) electrons. The van der Waals surface area contributed by atoms with Crippen molar-refractivity contribution < 1.29 is 14.7 Å². The van der Waals surface area contributed by atoms with Gasteiger partial charge in [-0.1, -0.05) is 6.07 Å². The van der Waals surface area contributed by atoms with Gasteiger partial charge in [0.05, 0.1) is 6.61 Å². The lowest BCUT2D eigenvalue weighted by molar-refractivity contribution is -0.142. The Labute approximate surface area is 106 Å². The number of nitrogens with one attached hydrogen (secondary N) is 1. The predicted octanol–water partition coefficient (Wildman–Crippen LogP) is 0.693. The van der Waals surface area contributed by atoms with Gasteiger partial charge in [-0.15, -0.1) is 0 Å². The number of aliphatic hydroxyl groups is 1. The molecule has 1 rings (SSSR count). The summed E-state index contributed by atoms with van der Waals surface area (Å²) < 4.78 is 0. The molecule has 0 heterocycles. The fourth-order valence-corrected chi connectivity index (χ4v) is 1.43. The van der Waals surface area contributed by atoms with Gasteiger partial charge in [0.1, 0.15) is 0 Å². The molecule has 1 aromatic rings. The van der Waals surface area contributed by atoms with E-state index in [-0.39, 0.29) is 13.2 Å². The van der Waals surface area contributed by atoms with Crippen LogP contribution in [-0.2, 0) is 9.59 Å². The Morgan fingerprint density at radius 2 is 1.94 bits per heavy atom. The average molecular weight is 250 g/mol. The summed E-state index contributed by atoms with van der Waals surface area (Å²) >= 11 is 0. The molecule has 0 bridgehead atoms. The van der Waals surface area contributed by atoms with Crippen LogP contribution in [0, 0.1) is 13.8 Å². The van der Waals surface area contributed by atoms with Gasteiger partial charge in [0.2, 0.25) is 0 Å². The first-order valence-electron chi connectivity index (χ1n) is 5.70. The van der Waals surface area contributed by atoms with E-state index in [9.17, 15) is 9.59 Å². The normalized spacial score (nSPS) is 10.0. The molecule has 2 N–H and O–H groups in total. The van der Waals surface area contributed by atoms with Crippen LogP contribution < -0.4 is 5.32 Å². The molecule has 98 valence electrons. The summed E-state index contributed by atoms with van der Waals surface area (Å²) in [5.41, 5.74) is 2.76. The van der Waals surface area contributed by atoms with Crippen molar-refractivity contribution in [1.82, 2.24) is 4.90 Å². The first-order valence-corrected chi connectivity index (χ1v) is 5.70. The molecule has 0 saturated heterocycles. The van der Waals surface area contributed by atoms with Gasteiger partial charge in [-0.2, -0.15) is 0 Å². The van der Waals surface area contributed by atoms with Gasteiger partial charge in [-0.05, 0) is 37.1 Å². The number of nitrogens with zero attached hydrogens (tertiary/aromatic N) is 1. The second-order valence-electron chi connectivity index (χ2n) is 4.20. The van der Waals surface area contributed by atoms with Gasteiger partial charge in [0.15, 0.2) is 0 Å². The molecular formula is C13H18N2O3. The Bertz CT molecular complexity index is 458. The van der Waals surface area contributed by atoms with Crippen LogP contribution in [0.2, 0.25) is 0 Å².